The Balaban J connectivity index is 1.25. The van der Waals surface area contributed by atoms with Crippen molar-refractivity contribution in [2.75, 3.05) is 11.9 Å². The summed E-state index contributed by atoms with van der Waals surface area (Å²) < 4.78 is 7.45. The second-order valence-electron chi connectivity index (χ2n) is 8.31. The first kappa shape index (κ1) is 22.4. The largest absolute Gasteiger partial charge is 0.492 e. The van der Waals surface area contributed by atoms with E-state index in [0.717, 1.165) is 23.5 Å². The summed E-state index contributed by atoms with van der Waals surface area (Å²) in [6.45, 7) is 0.762. The lowest BCUT2D eigenvalue weighted by atomic mass is 9.74. The second-order valence-corrected chi connectivity index (χ2v) is 8.31. The fourth-order valence-corrected chi connectivity index (χ4v) is 3.94. The summed E-state index contributed by atoms with van der Waals surface area (Å²) in [5.74, 6) is 0.0329. The lowest BCUT2D eigenvalue weighted by Gasteiger charge is -2.32. The third kappa shape index (κ3) is 4.93. The van der Waals surface area contributed by atoms with E-state index in [1.807, 2.05) is 43.4 Å². The first-order valence-electron chi connectivity index (χ1n) is 11.3. The number of rotatable bonds is 9. The van der Waals surface area contributed by atoms with Crippen LogP contribution in [0.25, 0.3) is 22.8 Å². The number of aryl methyl sites for hydroxylation is 1. The summed E-state index contributed by atoms with van der Waals surface area (Å²) in [5, 5.41) is 20.8. The van der Waals surface area contributed by atoms with E-state index in [4.69, 9.17) is 4.74 Å². The zero-order valence-electron chi connectivity index (χ0n) is 19.1. The SMILES string of the molecule is Cn1nnc(-c2ccc(OC[C@H]3CC[C@@H]3C(=O)O)cn2)c1CNc1nccc(-c2ccccn2)n1. The van der Waals surface area contributed by atoms with Gasteiger partial charge < -0.3 is 15.2 Å². The minimum Gasteiger partial charge on any atom is -0.492 e. The summed E-state index contributed by atoms with van der Waals surface area (Å²) >= 11 is 0. The molecule has 5 rings (SSSR count). The van der Waals surface area contributed by atoms with Crippen molar-refractivity contribution in [2.45, 2.75) is 19.4 Å². The van der Waals surface area contributed by atoms with Gasteiger partial charge in [0.15, 0.2) is 0 Å². The van der Waals surface area contributed by atoms with Crippen LogP contribution in [0.3, 0.4) is 0 Å². The number of nitrogens with one attached hydrogen (secondary N) is 1. The minimum atomic E-state index is -0.754. The molecule has 1 saturated carbocycles. The number of hydrogen-bond acceptors (Lipinski definition) is 9. The Bertz CT molecular complexity index is 1310. The maximum atomic E-state index is 11.2. The van der Waals surface area contributed by atoms with Crippen molar-refractivity contribution >= 4 is 11.9 Å². The summed E-state index contributed by atoms with van der Waals surface area (Å²) in [5.41, 5.74) is 3.59. The molecular weight excluding hydrogens is 448 g/mol. The molecule has 11 nitrogen and oxygen atoms in total. The van der Waals surface area contributed by atoms with Crippen molar-refractivity contribution in [3.8, 4) is 28.5 Å². The first-order chi connectivity index (χ1) is 17.1. The number of carbonyl (C=O) groups is 1. The predicted octanol–water partition coefficient (Wildman–Crippen LogP) is 2.83. The molecule has 4 aromatic rings. The van der Waals surface area contributed by atoms with Gasteiger partial charge in [-0.1, -0.05) is 11.3 Å². The number of anilines is 1. The molecule has 0 bridgehead atoms. The van der Waals surface area contributed by atoms with Crippen LogP contribution in [0.4, 0.5) is 5.95 Å². The minimum absolute atomic E-state index is 0.0447. The molecule has 35 heavy (non-hydrogen) atoms. The number of aromatic nitrogens is 7. The van der Waals surface area contributed by atoms with Gasteiger partial charge in [-0.05, 0) is 43.2 Å². The molecule has 1 fully saturated rings. The van der Waals surface area contributed by atoms with E-state index < -0.39 is 5.97 Å². The molecule has 1 aliphatic carbocycles. The monoisotopic (exact) mass is 472 g/mol. The fraction of sp³-hybridized carbons (Fsp3) is 0.292. The number of hydrogen-bond donors (Lipinski definition) is 2. The third-order valence-corrected chi connectivity index (χ3v) is 6.12. The second kappa shape index (κ2) is 9.84. The van der Waals surface area contributed by atoms with Crippen molar-refractivity contribution in [2.24, 2.45) is 18.9 Å². The quantitative estimate of drug-likeness (QED) is 0.373. The number of ether oxygens (including phenoxy) is 1. The molecule has 0 aromatic carbocycles. The number of nitrogens with zero attached hydrogens (tertiary/aromatic N) is 7. The average molecular weight is 473 g/mol. The van der Waals surface area contributed by atoms with Gasteiger partial charge >= 0.3 is 5.97 Å². The van der Waals surface area contributed by atoms with Gasteiger partial charge in [-0.3, -0.25) is 14.8 Å². The smallest absolute Gasteiger partial charge is 0.306 e. The molecule has 0 saturated heterocycles. The Morgan fingerprint density at radius 2 is 2.00 bits per heavy atom. The van der Waals surface area contributed by atoms with Crippen LogP contribution in [0.5, 0.6) is 5.75 Å². The number of carboxylic acids is 1. The molecule has 0 spiro atoms. The van der Waals surface area contributed by atoms with Gasteiger partial charge in [-0.25, -0.2) is 14.6 Å². The molecule has 0 aliphatic heterocycles. The van der Waals surface area contributed by atoms with Crippen molar-refractivity contribution in [1.29, 1.82) is 0 Å². The first-order valence-corrected chi connectivity index (χ1v) is 11.3. The van der Waals surface area contributed by atoms with E-state index in [1.165, 1.54) is 0 Å². The Morgan fingerprint density at radius 1 is 1.09 bits per heavy atom. The van der Waals surface area contributed by atoms with Crippen LogP contribution in [-0.2, 0) is 18.4 Å². The Labute approximate surface area is 201 Å². The van der Waals surface area contributed by atoms with Gasteiger partial charge in [0.2, 0.25) is 5.95 Å². The normalized spacial score (nSPS) is 16.9. The highest BCUT2D eigenvalue weighted by Gasteiger charge is 2.36. The summed E-state index contributed by atoms with van der Waals surface area (Å²) in [4.78, 5) is 28.8. The van der Waals surface area contributed by atoms with Gasteiger partial charge in [-0.15, -0.1) is 5.10 Å². The predicted molar refractivity (Wildman–Crippen MR) is 126 cm³/mol. The van der Waals surface area contributed by atoms with Crippen LogP contribution in [0.15, 0.2) is 55.0 Å². The Hall–Kier alpha value is -4.41. The molecule has 2 N–H and O–H groups in total. The van der Waals surface area contributed by atoms with Crippen molar-refractivity contribution in [3.05, 3.63) is 60.7 Å². The summed E-state index contributed by atoms with van der Waals surface area (Å²) in [6, 6.07) is 11.1. The van der Waals surface area contributed by atoms with Gasteiger partial charge in [0, 0.05) is 25.4 Å². The van der Waals surface area contributed by atoms with E-state index in [1.54, 1.807) is 23.3 Å². The molecule has 2 atom stereocenters. The Kier molecular flexibility index (Phi) is 6.29. The standard InChI is InChI=1S/C24H24N8O3/c1-32-21(13-28-24-26-11-9-19(29-24)18-4-2-3-10-25-18)22(30-31-32)20-8-6-16(12-27-20)35-14-15-5-7-17(15)23(33)34/h2-4,6,8-12,15,17H,5,7,13-14H2,1H3,(H,33,34)(H,26,28,29)/t15-,17+/m1/s1. The van der Waals surface area contributed by atoms with E-state index in [9.17, 15) is 9.90 Å². The zero-order chi connectivity index (χ0) is 24.2. The number of aliphatic carboxylic acids is 1. The molecule has 11 heteroatoms. The topological polar surface area (TPSA) is 141 Å². The molecule has 178 valence electrons. The molecule has 0 unspecified atom stereocenters. The van der Waals surface area contributed by atoms with Crippen molar-refractivity contribution in [1.82, 2.24) is 34.9 Å². The van der Waals surface area contributed by atoms with Gasteiger partial charge in [0.25, 0.3) is 0 Å². The number of pyridine rings is 2. The maximum Gasteiger partial charge on any atom is 0.306 e. The van der Waals surface area contributed by atoms with Crippen LogP contribution < -0.4 is 10.1 Å². The van der Waals surface area contributed by atoms with E-state index >= 15 is 0 Å². The Morgan fingerprint density at radius 3 is 2.71 bits per heavy atom. The molecule has 0 amide bonds. The van der Waals surface area contributed by atoms with Crippen LogP contribution in [0, 0.1) is 11.8 Å². The molecule has 1 aliphatic rings. The molecule has 4 heterocycles. The molecule has 4 aromatic heterocycles. The third-order valence-electron chi connectivity index (χ3n) is 6.12. The average Bonchev–Trinajstić information content (AvgIpc) is 3.23. The van der Waals surface area contributed by atoms with Crippen molar-refractivity contribution in [3.63, 3.8) is 0 Å². The van der Waals surface area contributed by atoms with Crippen LogP contribution in [0.1, 0.15) is 18.5 Å². The highest BCUT2D eigenvalue weighted by molar-refractivity contribution is 5.71. The van der Waals surface area contributed by atoms with Gasteiger partial charge in [-0.2, -0.15) is 0 Å². The molecule has 0 radical (unpaired) electrons. The van der Waals surface area contributed by atoms with E-state index in [2.05, 4.69) is 35.6 Å². The summed E-state index contributed by atoms with van der Waals surface area (Å²) in [7, 11) is 1.81. The van der Waals surface area contributed by atoms with E-state index in [0.29, 0.717) is 42.7 Å². The summed E-state index contributed by atoms with van der Waals surface area (Å²) in [6.07, 6.45) is 6.61. The van der Waals surface area contributed by atoms with Gasteiger partial charge in [0.1, 0.15) is 11.4 Å². The lowest BCUT2D eigenvalue weighted by molar-refractivity contribution is -0.148. The number of carboxylic acid groups (broad SMARTS) is 1. The van der Waals surface area contributed by atoms with Crippen LogP contribution in [0.2, 0.25) is 0 Å². The fourth-order valence-electron chi connectivity index (χ4n) is 3.94. The maximum absolute atomic E-state index is 11.2. The zero-order valence-corrected chi connectivity index (χ0v) is 19.1. The molecular formula is C24H24N8O3. The highest BCUT2D eigenvalue weighted by atomic mass is 16.5. The van der Waals surface area contributed by atoms with E-state index in [-0.39, 0.29) is 11.8 Å². The van der Waals surface area contributed by atoms with Crippen LogP contribution in [-0.4, -0.2) is 52.6 Å². The lowest BCUT2D eigenvalue weighted by Crippen LogP contribution is -2.36. The van der Waals surface area contributed by atoms with Gasteiger partial charge in [0.05, 0.1) is 48.0 Å². The van der Waals surface area contributed by atoms with Crippen molar-refractivity contribution < 1.29 is 14.6 Å². The van der Waals surface area contributed by atoms with Crippen LogP contribution >= 0.6 is 0 Å². The highest BCUT2D eigenvalue weighted by Crippen LogP contribution is 2.35.